The molecule has 0 bridgehead atoms. The fourth-order valence-electron chi connectivity index (χ4n) is 0. The number of hydrogen-bond acceptors (Lipinski definition) is 4. The Labute approximate surface area is 75.3 Å². The third-order valence-corrected chi connectivity index (χ3v) is 0.183. The van der Waals surface area contributed by atoms with Crippen LogP contribution in [-0.2, 0) is 9.59 Å². The second-order valence-corrected chi connectivity index (χ2v) is 1.18. The predicted octanol–water partition coefficient (Wildman–Crippen LogP) is -0.400. The third-order valence-electron chi connectivity index (χ3n) is 0.183. The van der Waals surface area contributed by atoms with E-state index in [1.807, 2.05) is 0 Å². The molecule has 0 aromatic heterocycles. The SMILES string of the molecule is O=C(O)C(=O)O.O=C(O)O.O=C(O)O. The van der Waals surface area contributed by atoms with Gasteiger partial charge in [-0.2, -0.15) is 0 Å². The van der Waals surface area contributed by atoms with Gasteiger partial charge >= 0.3 is 24.2 Å². The van der Waals surface area contributed by atoms with Crippen LogP contribution in [0.25, 0.3) is 0 Å². The number of hydrogen-bond donors (Lipinski definition) is 6. The highest BCUT2D eigenvalue weighted by atomic mass is 16.6. The minimum atomic E-state index is -1.83. The molecule has 0 heterocycles. The number of aliphatic carboxylic acids is 2. The largest absolute Gasteiger partial charge is 0.503 e. The van der Waals surface area contributed by atoms with Crippen LogP contribution in [0.2, 0.25) is 0 Å². The highest BCUT2D eigenvalue weighted by Crippen LogP contribution is 1.56. The monoisotopic (exact) mass is 214 g/mol. The van der Waals surface area contributed by atoms with E-state index in [0.29, 0.717) is 0 Å². The van der Waals surface area contributed by atoms with Crippen LogP contribution in [0.5, 0.6) is 0 Å². The normalized spacial score (nSPS) is 6.57. The van der Waals surface area contributed by atoms with E-state index in [9.17, 15) is 0 Å². The quantitative estimate of drug-likeness (QED) is 0.289. The first-order valence-corrected chi connectivity index (χ1v) is 2.41. The average Bonchev–Trinajstić information content (AvgIpc) is 1.83. The van der Waals surface area contributed by atoms with E-state index in [1.165, 1.54) is 0 Å². The van der Waals surface area contributed by atoms with Crippen LogP contribution in [-0.4, -0.2) is 54.9 Å². The van der Waals surface area contributed by atoms with Crippen LogP contribution in [0.1, 0.15) is 0 Å². The Morgan fingerprint density at radius 3 is 0.571 bits per heavy atom. The summed E-state index contributed by atoms with van der Waals surface area (Å²) in [7, 11) is 0. The van der Waals surface area contributed by atoms with Gasteiger partial charge in [0.1, 0.15) is 0 Å². The topological polar surface area (TPSA) is 190 Å². The van der Waals surface area contributed by atoms with Gasteiger partial charge in [0.25, 0.3) is 0 Å². The van der Waals surface area contributed by atoms with E-state index in [2.05, 4.69) is 0 Å². The number of carboxylic acids is 2. The van der Waals surface area contributed by atoms with Crippen LogP contribution in [0.3, 0.4) is 0 Å². The zero-order valence-electron chi connectivity index (χ0n) is 6.32. The second kappa shape index (κ2) is 10.5. The van der Waals surface area contributed by atoms with Crippen molar-refractivity contribution in [2.75, 3.05) is 0 Å². The van der Waals surface area contributed by atoms with Gasteiger partial charge in [0.15, 0.2) is 0 Å². The minimum Gasteiger partial charge on any atom is -0.473 e. The molecule has 14 heavy (non-hydrogen) atoms. The van der Waals surface area contributed by atoms with E-state index in [1.54, 1.807) is 0 Å². The summed E-state index contributed by atoms with van der Waals surface area (Å²) < 4.78 is 0. The molecule has 0 unspecified atom stereocenters. The summed E-state index contributed by atoms with van der Waals surface area (Å²) >= 11 is 0. The molecule has 0 saturated carbocycles. The second-order valence-electron chi connectivity index (χ2n) is 1.18. The van der Waals surface area contributed by atoms with Crippen molar-refractivity contribution < 1.29 is 49.8 Å². The van der Waals surface area contributed by atoms with Gasteiger partial charge in [-0.25, -0.2) is 19.2 Å². The minimum absolute atomic E-state index is 1.82. The molecule has 0 aliphatic heterocycles. The van der Waals surface area contributed by atoms with Crippen LogP contribution in [0.15, 0.2) is 0 Å². The maximum atomic E-state index is 9.10. The Balaban J connectivity index is -0.000000135. The van der Waals surface area contributed by atoms with Crippen LogP contribution in [0, 0.1) is 0 Å². The van der Waals surface area contributed by atoms with Gasteiger partial charge in [0.2, 0.25) is 0 Å². The summed E-state index contributed by atoms with van der Waals surface area (Å²) in [5.41, 5.74) is 0. The highest BCUT2D eigenvalue weighted by molar-refractivity contribution is 6.27. The molecular weight excluding hydrogens is 208 g/mol. The molecule has 0 aromatic rings. The van der Waals surface area contributed by atoms with Crippen molar-refractivity contribution in [3.8, 4) is 0 Å². The van der Waals surface area contributed by atoms with Crippen LogP contribution in [0.4, 0.5) is 9.59 Å². The van der Waals surface area contributed by atoms with E-state index in [-0.39, 0.29) is 0 Å². The molecule has 0 amide bonds. The zero-order valence-corrected chi connectivity index (χ0v) is 6.32. The zero-order chi connectivity index (χ0) is 12.3. The first kappa shape index (κ1) is 17.5. The van der Waals surface area contributed by atoms with Gasteiger partial charge in [-0.05, 0) is 0 Å². The van der Waals surface area contributed by atoms with Gasteiger partial charge in [-0.3, -0.25) is 0 Å². The molecule has 0 radical (unpaired) electrons. The van der Waals surface area contributed by atoms with E-state index < -0.39 is 24.2 Å². The molecule has 0 rings (SSSR count). The maximum absolute atomic E-state index is 9.10. The van der Waals surface area contributed by atoms with Crippen molar-refractivity contribution >= 4 is 24.2 Å². The summed E-state index contributed by atoms with van der Waals surface area (Å²) in [6.07, 6.45) is -3.67. The lowest BCUT2D eigenvalue weighted by atomic mass is 10.7. The highest BCUT2D eigenvalue weighted by Gasteiger charge is 2.04. The summed E-state index contributed by atoms with van der Waals surface area (Å²) in [5.74, 6) is -3.65. The molecule has 6 N–H and O–H groups in total. The number of carbonyl (C=O) groups is 4. The van der Waals surface area contributed by atoms with Crippen molar-refractivity contribution in [3.05, 3.63) is 0 Å². The van der Waals surface area contributed by atoms with Gasteiger partial charge in [0, 0.05) is 0 Å². The van der Waals surface area contributed by atoms with E-state index in [0.717, 1.165) is 0 Å². The first-order valence-electron chi connectivity index (χ1n) is 2.41. The van der Waals surface area contributed by atoms with Crippen molar-refractivity contribution in [2.24, 2.45) is 0 Å². The molecule has 10 nitrogen and oxygen atoms in total. The molecule has 10 heteroatoms. The Bertz CT molecular complexity index is 184. The molecule has 0 spiro atoms. The Morgan fingerprint density at radius 1 is 0.500 bits per heavy atom. The van der Waals surface area contributed by atoms with Crippen molar-refractivity contribution in [3.63, 3.8) is 0 Å². The number of rotatable bonds is 0. The van der Waals surface area contributed by atoms with Crippen molar-refractivity contribution in [1.29, 1.82) is 0 Å². The molecule has 0 atom stereocenters. The standard InChI is InChI=1S/C2H2O4.2CH2O3/c3-1(4)2(5)6;2*2-1(3)4/h(H,3,4)(H,5,6);2*(H2,2,3,4). The van der Waals surface area contributed by atoms with Crippen molar-refractivity contribution in [2.45, 2.75) is 0 Å². The van der Waals surface area contributed by atoms with Gasteiger partial charge in [-0.1, -0.05) is 0 Å². The predicted molar refractivity (Wildman–Crippen MR) is 36.6 cm³/mol. The molecule has 82 valence electrons. The molecule has 0 fully saturated rings. The van der Waals surface area contributed by atoms with Gasteiger partial charge < -0.3 is 30.6 Å². The summed E-state index contributed by atoms with van der Waals surface area (Å²) in [6.45, 7) is 0. The van der Waals surface area contributed by atoms with E-state index >= 15 is 0 Å². The van der Waals surface area contributed by atoms with Crippen molar-refractivity contribution in [1.82, 2.24) is 0 Å². The first-order chi connectivity index (χ1) is 6.11. The smallest absolute Gasteiger partial charge is 0.473 e. The van der Waals surface area contributed by atoms with Gasteiger partial charge in [-0.15, -0.1) is 0 Å². The lowest BCUT2D eigenvalue weighted by Gasteiger charge is -1.72. The summed E-state index contributed by atoms with van der Waals surface area (Å²) in [4.78, 5) is 35.3. The summed E-state index contributed by atoms with van der Waals surface area (Å²) in [6, 6.07) is 0. The summed E-state index contributed by atoms with van der Waals surface area (Å²) in [5, 5.41) is 42.7. The molecular formula is C4H6O10. The Hall–Kier alpha value is -2.52. The number of carboxylic acid groups (broad SMARTS) is 6. The van der Waals surface area contributed by atoms with Gasteiger partial charge in [0.05, 0.1) is 0 Å². The lowest BCUT2D eigenvalue weighted by Crippen LogP contribution is -2.09. The molecule has 0 saturated heterocycles. The Morgan fingerprint density at radius 2 is 0.571 bits per heavy atom. The fourth-order valence-corrected chi connectivity index (χ4v) is 0. The average molecular weight is 214 g/mol. The van der Waals surface area contributed by atoms with E-state index in [4.69, 9.17) is 49.8 Å². The van der Waals surface area contributed by atoms with Crippen LogP contribution >= 0.6 is 0 Å². The maximum Gasteiger partial charge on any atom is 0.503 e. The molecule has 0 aliphatic rings. The lowest BCUT2D eigenvalue weighted by molar-refractivity contribution is -0.159. The third kappa shape index (κ3) is 311. The fraction of sp³-hybridized carbons (Fsp3) is 0. The van der Waals surface area contributed by atoms with Crippen LogP contribution < -0.4 is 0 Å². The Kier molecular flexibility index (Phi) is 13.1. The molecule has 0 aliphatic carbocycles. The molecule has 0 aromatic carbocycles.